The molecule has 0 radical (unpaired) electrons. The highest BCUT2D eigenvalue weighted by atomic mass is 16.4. The van der Waals surface area contributed by atoms with Crippen LogP contribution in [0.1, 0.15) is 104 Å². The molecule has 0 saturated heterocycles. The highest BCUT2D eigenvalue weighted by molar-refractivity contribution is 5.85. The maximum Gasteiger partial charge on any atom is 0.330 e. The van der Waals surface area contributed by atoms with Gasteiger partial charge in [0.05, 0.1) is 12.7 Å². The van der Waals surface area contributed by atoms with Crippen LogP contribution in [0.15, 0.2) is 24.3 Å². The number of aliphatic hydroxyl groups is 2. The van der Waals surface area contributed by atoms with Gasteiger partial charge in [0.15, 0.2) is 0 Å². The van der Waals surface area contributed by atoms with Crippen molar-refractivity contribution in [3.63, 3.8) is 0 Å². The third-order valence-electron chi connectivity index (χ3n) is 4.33. The molecule has 0 bridgehead atoms. The first-order valence-corrected chi connectivity index (χ1v) is 11.2. The predicted molar refractivity (Wildman–Crippen MR) is 124 cm³/mol. The maximum absolute atomic E-state index is 9.60. The minimum absolute atomic E-state index is 0.0853. The summed E-state index contributed by atoms with van der Waals surface area (Å²) in [6.07, 6.45) is 16.3. The largest absolute Gasteiger partial charge is 0.478 e. The molecule has 0 aliphatic carbocycles. The van der Waals surface area contributed by atoms with Crippen molar-refractivity contribution in [2.45, 2.75) is 110 Å². The molecule has 6 heteroatoms. The van der Waals surface area contributed by atoms with Gasteiger partial charge in [-0.3, -0.25) is 0 Å². The van der Waals surface area contributed by atoms with E-state index in [0.29, 0.717) is 0 Å². The summed E-state index contributed by atoms with van der Waals surface area (Å²) in [7, 11) is 0. The quantitative estimate of drug-likeness (QED) is 0.184. The molecule has 0 aromatic heterocycles. The predicted octanol–water partition coefficient (Wildman–Crippen LogP) is 5.73. The number of hydrogen-bond acceptors (Lipinski definition) is 4. The van der Waals surface area contributed by atoms with Crippen molar-refractivity contribution in [3.05, 3.63) is 24.3 Å². The van der Waals surface area contributed by atoms with Crippen molar-refractivity contribution >= 4 is 11.9 Å². The third-order valence-corrected chi connectivity index (χ3v) is 4.33. The average Bonchev–Trinajstić information content (AvgIpc) is 2.69. The number of hydrogen-bond donors (Lipinski definition) is 4. The Balaban J connectivity index is -0.000000495. The number of aliphatic carboxylic acids is 2. The first-order valence-electron chi connectivity index (χ1n) is 11.2. The Morgan fingerprint density at radius 2 is 0.967 bits per heavy atom. The van der Waals surface area contributed by atoms with E-state index in [1.165, 1.54) is 84.5 Å². The molecule has 1 unspecified atom stereocenters. The summed E-state index contributed by atoms with van der Waals surface area (Å²) in [6.45, 7) is 11.4. The van der Waals surface area contributed by atoms with Crippen molar-refractivity contribution in [2.24, 2.45) is 0 Å². The molecule has 0 aromatic carbocycles. The summed E-state index contributed by atoms with van der Waals surface area (Å²) in [5.41, 5.74) is 0.352. The molecule has 1 atom stereocenters. The number of carboxylic acids is 2. The van der Waals surface area contributed by atoms with Gasteiger partial charge in [-0.1, -0.05) is 97.1 Å². The molecular weight excluding hydrogens is 384 g/mol. The Morgan fingerprint density at radius 1 is 0.700 bits per heavy atom. The number of unbranched alkanes of at least 4 members (excludes halogenated alkanes) is 11. The summed E-state index contributed by atoms with van der Waals surface area (Å²) in [5, 5.41) is 33.6. The highest BCUT2D eigenvalue weighted by Gasteiger charge is 2.00. The van der Waals surface area contributed by atoms with Crippen LogP contribution in [0.4, 0.5) is 0 Å². The SMILES string of the molecule is C=C(C)C(=O)O.C=C(C)C(=O)O.CCCCCCCCCCCCCCC(O)CO. The monoisotopic (exact) mass is 430 g/mol. The fourth-order valence-electron chi connectivity index (χ4n) is 2.31. The minimum Gasteiger partial charge on any atom is -0.478 e. The Kier molecular flexibility index (Phi) is 27.9. The van der Waals surface area contributed by atoms with Crippen LogP contribution in [-0.2, 0) is 9.59 Å². The fourth-order valence-corrected chi connectivity index (χ4v) is 2.31. The van der Waals surface area contributed by atoms with Gasteiger partial charge in [0.1, 0.15) is 0 Å². The Hall–Kier alpha value is -1.66. The fraction of sp³-hybridized carbons (Fsp3) is 0.750. The molecule has 0 aromatic rings. The van der Waals surface area contributed by atoms with Gasteiger partial charge in [-0.2, -0.15) is 0 Å². The molecule has 30 heavy (non-hydrogen) atoms. The van der Waals surface area contributed by atoms with E-state index in [1.54, 1.807) is 0 Å². The highest BCUT2D eigenvalue weighted by Crippen LogP contribution is 2.12. The number of carboxylic acid groups (broad SMARTS) is 2. The lowest BCUT2D eigenvalue weighted by atomic mass is 10.0. The van der Waals surface area contributed by atoms with E-state index in [9.17, 15) is 9.59 Å². The van der Waals surface area contributed by atoms with Crippen molar-refractivity contribution < 1.29 is 30.0 Å². The van der Waals surface area contributed by atoms with E-state index in [1.807, 2.05) is 0 Å². The van der Waals surface area contributed by atoms with E-state index in [4.69, 9.17) is 20.4 Å². The van der Waals surface area contributed by atoms with Gasteiger partial charge in [0.2, 0.25) is 0 Å². The molecule has 0 spiro atoms. The van der Waals surface area contributed by atoms with Crippen LogP contribution in [0, 0.1) is 0 Å². The van der Waals surface area contributed by atoms with E-state index >= 15 is 0 Å². The third kappa shape index (κ3) is 33.9. The van der Waals surface area contributed by atoms with E-state index in [2.05, 4.69) is 20.1 Å². The van der Waals surface area contributed by atoms with Crippen LogP contribution in [0.2, 0.25) is 0 Å². The molecule has 4 N–H and O–H groups in total. The van der Waals surface area contributed by atoms with Gasteiger partial charge >= 0.3 is 11.9 Å². The van der Waals surface area contributed by atoms with E-state index in [-0.39, 0.29) is 17.8 Å². The molecule has 0 aliphatic rings. The standard InChI is InChI=1S/C16H34O2.2C4H6O2/c1-2-3-4-5-6-7-8-9-10-11-12-13-14-16(18)15-17;2*1-3(2)4(5)6/h16-18H,2-15H2,1H3;2*1H2,2H3,(H,5,6). The second kappa shape index (κ2) is 25.4. The van der Waals surface area contributed by atoms with Gasteiger partial charge in [0.25, 0.3) is 0 Å². The molecule has 0 amide bonds. The van der Waals surface area contributed by atoms with Crippen LogP contribution < -0.4 is 0 Å². The van der Waals surface area contributed by atoms with Gasteiger partial charge < -0.3 is 20.4 Å². The lowest BCUT2D eigenvalue weighted by Crippen LogP contribution is -2.10. The number of rotatable bonds is 16. The Labute approximate surface area is 183 Å². The Morgan fingerprint density at radius 3 is 1.20 bits per heavy atom. The summed E-state index contributed by atoms with van der Waals surface area (Å²) in [5.74, 6) is -1.87. The zero-order valence-electron chi connectivity index (χ0n) is 19.5. The first-order chi connectivity index (χ1) is 14.1. The van der Waals surface area contributed by atoms with Crippen molar-refractivity contribution in [1.82, 2.24) is 0 Å². The molecule has 0 fully saturated rings. The topological polar surface area (TPSA) is 115 Å². The average molecular weight is 431 g/mol. The molecule has 6 nitrogen and oxygen atoms in total. The maximum atomic E-state index is 9.60. The molecule has 0 aliphatic heterocycles. The summed E-state index contributed by atoms with van der Waals surface area (Å²) < 4.78 is 0. The smallest absolute Gasteiger partial charge is 0.330 e. The minimum atomic E-state index is -0.935. The number of carbonyl (C=O) groups is 2. The normalized spacial score (nSPS) is 10.7. The lowest BCUT2D eigenvalue weighted by molar-refractivity contribution is -0.133. The van der Waals surface area contributed by atoms with Crippen LogP contribution >= 0.6 is 0 Å². The summed E-state index contributed by atoms with van der Waals surface area (Å²) in [6, 6.07) is 0. The van der Waals surface area contributed by atoms with Gasteiger partial charge in [-0.15, -0.1) is 0 Å². The number of aliphatic hydroxyl groups excluding tert-OH is 2. The van der Waals surface area contributed by atoms with Crippen molar-refractivity contribution in [3.8, 4) is 0 Å². The summed E-state index contributed by atoms with van der Waals surface area (Å²) >= 11 is 0. The van der Waals surface area contributed by atoms with Gasteiger partial charge in [0, 0.05) is 11.1 Å². The van der Waals surface area contributed by atoms with E-state index in [0.717, 1.165) is 12.8 Å². The molecular formula is C24H46O6. The van der Waals surface area contributed by atoms with Crippen LogP contribution in [0.3, 0.4) is 0 Å². The van der Waals surface area contributed by atoms with Crippen LogP contribution in [0.5, 0.6) is 0 Å². The second-order valence-electron chi connectivity index (χ2n) is 7.69. The van der Waals surface area contributed by atoms with Crippen LogP contribution in [-0.4, -0.2) is 45.1 Å². The van der Waals surface area contributed by atoms with Gasteiger partial charge in [-0.25, -0.2) is 9.59 Å². The molecule has 0 saturated carbocycles. The molecule has 0 rings (SSSR count). The van der Waals surface area contributed by atoms with E-state index < -0.39 is 18.0 Å². The van der Waals surface area contributed by atoms with Gasteiger partial charge in [-0.05, 0) is 20.3 Å². The molecule has 178 valence electrons. The van der Waals surface area contributed by atoms with Crippen molar-refractivity contribution in [1.29, 1.82) is 0 Å². The Bertz CT molecular complexity index is 397. The zero-order chi connectivity index (χ0) is 23.8. The lowest BCUT2D eigenvalue weighted by Gasteiger charge is -2.06. The van der Waals surface area contributed by atoms with Crippen LogP contribution in [0.25, 0.3) is 0 Å². The van der Waals surface area contributed by atoms with Crippen molar-refractivity contribution in [2.75, 3.05) is 6.61 Å². The summed E-state index contributed by atoms with van der Waals surface area (Å²) in [4.78, 5) is 19.2. The zero-order valence-corrected chi connectivity index (χ0v) is 19.5. The molecule has 0 heterocycles. The first kappa shape index (κ1) is 33.0. The second-order valence-corrected chi connectivity index (χ2v) is 7.69.